The van der Waals surface area contributed by atoms with Crippen molar-refractivity contribution >= 4 is 17.5 Å². The molecule has 0 atom stereocenters. The maximum atomic E-state index is 12.9. The van der Waals surface area contributed by atoms with Gasteiger partial charge in [-0.1, -0.05) is 41.9 Å². The molecule has 1 heterocycles. The van der Waals surface area contributed by atoms with E-state index in [0.29, 0.717) is 30.2 Å². The first-order valence-electron chi connectivity index (χ1n) is 8.15. The van der Waals surface area contributed by atoms with Crippen molar-refractivity contribution in [3.05, 3.63) is 65.2 Å². The van der Waals surface area contributed by atoms with Gasteiger partial charge in [-0.15, -0.1) is 0 Å². The van der Waals surface area contributed by atoms with Gasteiger partial charge in [0, 0.05) is 24.4 Å². The Morgan fingerprint density at radius 1 is 1.08 bits per heavy atom. The van der Waals surface area contributed by atoms with Crippen molar-refractivity contribution in [1.29, 1.82) is 0 Å². The minimum atomic E-state index is -0.839. The van der Waals surface area contributed by atoms with Crippen LogP contribution >= 0.6 is 11.6 Å². The molecule has 4 nitrogen and oxygen atoms in total. The van der Waals surface area contributed by atoms with Crippen molar-refractivity contribution in [2.75, 3.05) is 13.1 Å². The van der Waals surface area contributed by atoms with Crippen molar-refractivity contribution in [3.8, 4) is 5.75 Å². The number of carbonyl (C=O) groups excluding carboxylic acids is 1. The highest BCUT2D eigenvalue weighted by atomic mass is 35.5. The fourth-order valence-electron chi connectivity index (χ4n) is 2.87. The number of hydrogen-bond donors (Lipinski definition) is 2. The molecule has 24 heavy (non-hydrogen) atoms. The van der Waals surface area contributed by atoms with Crippen molar-refractivity contribution in [1.82, 2.24) is 10.6 Å². The minimum Gasteiger partial charge on any atom is -0.477 e. The molecule has 1 fully saturated rings. The lowest BCUT2D eigenvalue weighted by Crippen LogP contribution is -2.56. The largest absolute Gasteiger partial charge is 0.477 e. The molecule has 1 aliphatic rings. The predicted molar refractivity (Wildman–Crippen MR) is 95.2 cm³/mol. The minimum absolute atomic E-state index is 0.0668. The second-order valence-electron chi connectivity index (χ2n) is 5.97. The fourth-order valence-corrected chi connectivity index (χ4v) is 3.00. The smallest absolute Gasteiger partial charge is 0.264 e. The molecule has 0 aliphatic carbocycles. The van der Waals surface area contributed by atoms with Gasteiger partial charge in [-0.3, -0.25) is 4.79 Å². The standard InChI is InChI=1S/C19H21ClN2O2/c20-16-6-8-17(9-7-16)24-19(10-12-21-13-11-19)18(23)22-14-15-4-2-1-3-5-15/h1-9,21H,10-14H2,(H,22,23). The van der Waals surface area contributed by atoms with E-state index in [0.717, 1.165) is 18.7 Å². The number of amides is 1. The second-order valence-corrected chi connectivity index (χ2v) is 6.40. The molecular formula is C19H21ClN2O2. The summed E-state index contributed by atoms with van der Waals surface area (Å²) in [6.45, 7) is 2.01. The Bertz CT molecular complexity index is 668. The highest BCUT2D eigenvalue weighted by molar-refractivity contribution is 6.30. The molecule has 0 bridgehead atoms. The van der Waals surface area contributed by atoms with Gasteiger partial charge in [-0.2, -0.15) is 0 Å². The zero-order valence-corrected chi connectivity index (χ0v) is 14.2. The van der Waals surface area contributed by atoms with E-state index in [1.165, 1.54) is 0 Å². The van der Waals surface area contributed by atoms with Gasteiger partial charge in [0.1, 0.15) is 5.75 Å². The highest BCUT2D eigenvalue weighted by Gasteiger charge is 2.41. The van der Waals surface area contributed by atoms with E-state index in [-0.39, 0.29) is 5.91 Å². The van der Waals surface area contributed by atoms with Crippen molar-refractivity contribution in [2.24, 2.45) is 0 Å². The Balaban J connectivity index is 1.72. The Labute approximate surface area is 147 Å². The Kier molecular flexibility index (Phi) is 5.38. The summed E-state index contributed by atoms with van der Waals surface area (Å²) in [5.74, 6) is 0.596. The average Bonchev–Trinajstić information content (AvgIpc) is 2.63. The summed E-state index contributed by atoms with van der Waals surface area (Å²) in [4.78, 5) is 12.9. The zero-order valence-electron chi connectivity index (χ0n) is 13.4. The third-order valence-electron chi connectivity index (χ3n) is 4.25. The summed E-state index contributed by atoms with van der Waals surface area (Å²) < 4.78 is 6.14. The number of ether oxygens (including phenoxy) is 1. The van der Waals surface area contributed by atoms with Gasteiger partial charge in [-0.05, 0) is 42.9 Å². The summed E-state index contributed by atoms with van der Waals surface area (Å²) >= 11 is 5.92. The van der Waals surface area contributed by atoms with Gasteiger partial charge in [0.25, 0.3) is 5.91 Å². The van der Waals surface area contributed by atoms with Crippen LogP contribution in [0.4, 0.5) is 0 Å². The Morgan fingerprint density at radius 2 is 1.75 bits per heavy atom. The molecule has 0 saturated carbocycles. The molecule has 0 spiro atoms. The second kappa shape index (κ2) is 7.69. The van der Waals surface area contributed by atoms with Crippen molar-refractivity contribution in [3.63, 3.8) is 0 Å². The lowest BCUT2D eigenvalue weighted by atomic mass is 9.90. The highest BCUT2D eigenvalue weighted by Crippen LogP contribution is 2.28. The number of benzene rings is 2. The van der Waals surface area contributed by atoms with Crippen molar-refractivity contribution in [2.45, 2.75) is 25.0 Å². The van der Waals surface area contributed by atoms with Gasteiger partial charge in [0.05, 0.1) is 0 Å². The van der Waals surface area contributed by atoms with Crippen LogP contribution < -0.4 is 15.4 Å². The van der Waals surface area contributed by atoms with Crippen LogP contribution in [0.15, 0.2) is 54.6 Å². The molecule has 2 aromatic rings. The lowest BCUT2D eigenvalue weighted by Gasteiger charge is -2.36. The van der Waals surface area contributed by atoms with Crippen LogP contribution in [0.5, 0.6) is 5.75 Å². The zero-order chi connectivity index (χ0) is 16.8. The molecular weight excluding hydrogens is 324 g/mol. The summed E-state index contributed by atoms with van der Waals surface area (Å²) in [5.41, 5.74) is 0.231. The first-order valence-corrected chi connectivity index (χ1v) is 8.53. The molecule has 1 aliphatic heterocycles. The summed E-state index contributed by atoms with van der Waals surface area (Å²) in [6, 6.07) is 17.0. The van der Waals surface area contributed by atoms with Crippen molar-refractivity contribution < 1.29 is 9.53 Å². The number of hydrogen-bond acceptors (Lipinski definition) is 3. The van der Waals surface area contributed by atoms with Crippen LogP contribution in [0, 0.1) is 0 Å². The van der Waals surface area contributed by atoms with Crippen LogP contribution in [-0.2, 0) is 11.3 Å². The number of halogens is 1. The number of carbonyl (C=O) groups is 1. The molecule has 0 unspecified atom stereocenters. The Morgan fingerprint density at radius 3 is 2.42 bits per heavy atom. The van der Waals surface area contributed by atoms with Crippen LogP contribution in [0.3, 0.4) is 0 Å². The number of piperidine rings is 1. The van der Waals surface area contributed by atoms with Gasteiger partial charge in [0.2, 0.25) is 0 Å². The Hall–Kier alpha value is -2.04. The number of nitrogens with one attached hydrogen (secondary N) is 2. The number of rotatable bonds is 5. The molecule has 3 rings (SSSR count). The molecule has 1 amide bonds. The van der Waals surface area contributed by atoms with E-state index >= 15 is 0 Å². The summed E-state index contributed by atoms with van der Waals surface area (Å²) in [5, 5.41) is 6.95. The monoisotopic (exact) mass is 344 g/mol. The first kappa shape index (κ1) is 16.8. The fraction of sp³-hybridized carbons (Fsp3) is 0.316. The normalized spacial score (nSPS) is 16.4. The SMILES string of the molecule is O=C(NCc1ccccc1)C1(Oc2ccc(Cl)cc2)CCNCC1. The third kappa shape index (κ3) is 4.08. The third-order valence-corrected chi connectivity index (χ3v) is 4.50. The van der Waals surface area contributed by atoms with Crippen LogP contribution in [-0.4, -0.2) is 24.6 Å². The van der Waals surface area contributed by atoms with Gasteiger partial charge in [-0.25, -0.2) is 0 Å². The summed E-state index contributed by atoms with van der Waals surface area (Å²) in [6.07, 6.45) is 1.27. The van der Waals surface area contributed by atoms with Crippen LogP contribution in [0.25, 0.3) is 0 Å². The quantitative estimate of drug-likeness (QED) is 0.876. The van der Waals surface area contributed by atoms with E-state index in [9.17, 15) is 4.79 Å². The maximum absolute atomic E-state index is 12.9. The molecule has 0 aromatic heterocycles. The molecule has 0 radical (unpaired) electrons. The van der Waals surface area contributed by atoms with Gasteiger partial charge >= 0.3 is 0 Å². The first-order chi connectivity index (χ1) is 11.7. The van der Waals surface area contributed by atoms with Crippen LogP contribution in [0.1, 0.15) is 18.4 Å². The molecule has 2 aromatic carbocycles. The lowest BCUT2D eigenvalue weighted by molar-refractivity contribution is -0.139. The maximum Gasteiger partial charge on any atom is 0.264 e. The molecule has 126 valence electrons. The average molecular weight is 345 g/mol. The molecule has 2 N–H and O–H groups in total. The van der Waals surface area contributed by atoms with E-state index in [4.69, 9.17) is 16.3 Å². The summed E-state index contributed by atoms with van der Waals surface area (Å²) in [7, 11) is 0. The molecule has 5 heteroatoms. The van der Waals surface area contributed by atoms with E-state index < -0.39 is 5.60 Å². The van der Waals surface area contributed by atoms with E-state index in [1.54, 1.807) is 24.3 Å². The predicted octanol–water partition coefficient (Wildman–Crippen LogP) is 3.16. The van der Waals surface area contributed by atoms with Gasteiger partial charge < -0.3 is 15.4 Å². The van der Waals surface area contributed by atoms with E-state index in [1.807, 2.05) is 30.3 Å². The molecule has 1 saturated heterocycles. The van der Waals surface area contributed by atoms with Crippen LogP contribution in [0.2, 0.25) is 5.02 Å². The topological polar surface area (TPSA) is 50.4 Å². The van der Waals surface area contributed by atoms with Gasteiger partial charge in [0.15, 0.2) is 5.60 Å². The van der Waals surface area contributed by atoms with E-state index in [2.05, 4.69) is 10.6 Å².